The van der Waals surface area contributed by atoms with Gasteiger partial charge in [-0.15, -0.1) is 0 Å². The average Bonchev–Trinajstić information content (AvgIpc) is 2.47. The topological polar surface area (TPSA) is 41.6 Å². The van der Waals surface area contributed by atoms with Crippen LogP contribution in [0.2, 0.25) is 0 Å². The van der Waals surface area contributed by atoms with Crippen LogP contribution in [0.5, 0.6) is 5.75 Å². The van der Waals surface area contributed by atoms with Gasteiger partial charge in [0.05, 0.1) is 6.54 Å². The van der Waals surface area contributed by atoms with Crippen molar-refractivity contribution in [3.8, 4) is 5.75 Å². The fourth-order valence-corrected chi connectivity index (χ4v) is 3.36. The zero-order chi connectivity index (χ0) is 17.5. The van der Waals surface area contributed by atoms with Crippen molar-refractivity contribution in [1.82, 2.24) is 10.2 Å². The van der Waals surface area contributed by atoms with Gasteiger partial charge in [0, 0.05) is 19.6 Å². The number of ether oxygens (including phenoxy) is 1. The smallest absolute Gasteiger partial charge is 0.387 e. The average molecular weight is 340 g/mol. The van der Waals surface area contributed by atoms with Gasteiger partial charge in [-0.1, -0.05) is 26.0 Å². The van der Waals surface area contributed by atoms with Gasteiger partial charge in [-0.2, -0.15) is 8.78 Å². The summed E-state index contributed by atoms with van der Waals surface area (Å²) in [6.45, 7) is 4.56. The maximum atomic E-state index is 12.1. The number of nitrogens with zero attached hydrogens (tertiary/aromatic N) is 1. The number of alkyl halides is 2. The predicted molar refractivity (Wildman–Crippen MR) is 89.2 cm³/mol. The molecule has 1 saturated heterocycles. The third-order valence-corrected chi connectivity index (χ3v) is 4.20. The zero-order valence-corrected chi connectivity index (χ0v) is 14.3. The number of hydrogen-bond acceptors (Lipinski definition) is 3. The summed E-state index contributed by atoms with van der Waals surface area (Å²) in [6, 6.07) is 6.50. The van der Waals surface area contributed by atoms with E-state index >= 15 is 0 Å². The lowest BCUT2D eigenvalue weighted by molar-refractivity contribution is -0.122. The number of carbonyl (C=O) groups is 1. The number of carbonyl (C=O) groups excluding carboxylic acids is 1. The number of amides is 1. The van der Waals surface area contributed by atoms with Crippen LogP contribution in [0.4, 0.5) is 8.78 Å². The van der Waals surface area contributed by atoms with E-state index in [2.05, 4.69) is 28.8 Å². The van der Waals surface area contributed by atoms with E-state index in [1.807, 2.05) is 0 Å². The lowest BCUT2D eigenvalue weighted by Gasteiger charge is -2.34. The molecule has 24 heavy (non-hydrogen) atoms. The maximum Gasteiger partial charge on any atom is 0.387 e. The molecule has 1 fully saturated rings. The van der Waals surface area contributed by atoms with Crippen LogP contribution in [-0.2, 0) is 11.2 Å². The fraction of sp³-hybridized carbons (Fsp3) is 0.611. The Morgan fingerprint density at radius 3 is 2.46 bits per heavy atom. The van der Waals surface area contributed by atoms with E-state index in [1.165, 1.54) is 18.6 Å². The van der Waals surface area contributed by atoms with E-state index in [0.717, 1.165) is 18.7 Å². The summed E-state index contributed by atoms with van der Waals surface area (Å²) in [5.41, 5.74) is 0.970. The lowest BCUT2D eigenvalue weighted by Crippen LogP contribution is -2.44. The summed E-state index contributed by atoms with van der Waals surface area (Å²) in [5.74, 6) is 1.45. The highest BCUT2D eigenvalue weighted by atomic mass is 19.3. The van der Waals surface area contributed by atoms with Crippen LogP contribution in [-0.4, -0.2) is 43.6 Å². The van der Waals surface area contributed by atoms with Gasteiger partial charge in [0.25, 0.3) is 0 Å². The molecule has 0 saturated carbocycles. The van der Waals surface area contributed by atoms with Crippen molar-refractivity contribution in [3.05, 3.63) is 29.8 Å². The normalized spacial score (nSPS) is 21.7. The lowest BCUT2D eigenvalue weighted by atomic mass is 9.92. The van der Waals surface area contributed by atoms with Gasteiger partial charge in [0.15, 0.2) is 0 Å². The number of nitrogens with one attached hydrogen (secondary N) is 1. The van der Waals surface area contributed by atoms with E-state index in [9.17, 15) is 13.6 Å². The van der Waals surface area contributed by atoms with Crippen molar-refractivity contribution in [2.24, 2.45) is 11.8 Å². The van der Waals surface area contributed by atoms with Crippen LogP contribution in [0.3, 0.4) is 0 Å². The van der Waals surface area contributed by atoms with Crippen molar-refractivity contribution >= 4 is 5.91 Å². The molecule has 1 aliphatic heterocycles. The summed E-state index contributed by atoms with van der Waals surface area (Å²) in [6.07, 6.45) is 1.89. The van der Waals surface area contributed by atoms with Crippen molar-refractivity contribution in [2.75, 3.05) is 26.2 Å². The minimum atomic E-state index is -2.81. The number of likely N-dealkylation sites (tertiary alicyclic amines) is 1. The van der Waals surface area contributed by atoms with Gasteiger partial charge in [-0.05, 0) is 42.4 Å². The summed E-state index contributed by atoms with van der Waals surface area (Å²) >= 11 is 0. The van der Waals surface area contributed by atoms with E-state index in [1.54, 1.807) is 12.1 Å². The number of rotatable bonds is 7. The molecule has 1 amide bonds. The van der Waals surface area contributed by atoms with Gasteiger partial charge >= 0.3 is 6.61 Å². The van der Waals surface area contributed by atoms with Crippen LogP contribution >= 0.6 is 0 Å². The zero-order valence-electron chi connectivity index (χ0n) is 14.3. The largest absolute Gasteiger partial charge is 0.435 e. The van der Waals surface area contributed by atoms with Gasteiger partial charge < -0.3 is 10.1 Å². The Morgan fingerprint density at radius 2 is 1.88 bits per heavy atom. The van der Waals surface area contributed by atoms with E-state index in [-0.39, 0.29) is 11.7 Å². The van der Waals surface area contributed by atoms with Gasteiger partial charge in [-0.25, -0.2) is 0 Å². The van der Waals surface area contributed by atoms with Crippen LogP contribution < -0.4 is 10.1 Å². The van der Waals surface area contributed by atoms with E-state index in [4.69, 9.17) is 0 Å². The number of piperidine rings is 1. The highest BCUT2D eigenvalue weighted by Gasteiger charge is 2.22. The second kappa shape index (κ2) is 8.97. The molecule has 134 valence electrons. The van der Waals surface area contributed by atoms with Crippen LogP contribution in [0.15, 0.2) is 24.3 Å². The molecule has 1 aliphatic rings. The molecular formula is C18H26F2N2O2. The van der Waals surface area contributed by atoms with Crippen LogP contribution in [0.1, 0.15) is 25.8 Å². The Labute approximate surface area is 142 Å². The molecule has 0 bridgehead atoms. The van der Waals surface area contributed by atoms with E-state index in [0.29, 0.717) is 31.3 Å². The first kappa shape index (κ1) is 18.6. The first-order chi connectivity index (χ1) is 11.4. The molecule has 1 aromatic carbocycles. The molecule has 6 heteroatoms. The second-order valence-corrected chi connectivity index (χ2v) is 6.76. The Morgan fingerprint density at radius 1 is 1.25 bits per heavy atom. The monoisotopic (exact) mass is 340 g/mol. The molecule has 0 radical (unpaired) electrons. The predicted octanol–water partition coefficient (Wildman–Crippen LogP) is 2.92. The van der Waals surface area contributed by atoms with Gasteiger partial charge in [0.1, 0.15) is 5.75 Å². The molecule has 1 aromatic rings. The third-order valence-electron chi connectivity index (χ3n) is 4.20. The highest BCUT2D eigenvalue weighted by molar-refractivity contribution is 5.78. The summed E-state index contributed by atoms with van der Waals surface area (Å²) in [4.78, 5) is 14.2. The maximum absolute atomic E-state index is 12.1. The number of benzene rings is 1. The summed E-state index contributed by atoms with van der Waals surface area (Å²) in [5, 5.41) is 2.92. The SMILES string of the molecule is C[C@H]1C[C@H](C)CN(CC(=O)NCCc2ccc(OC(F)F)cc2)C1. The van der Waals surface area contributed by atoms with Gasteiger partial charge in [-0.3, -0.25) is 9.69 Å². The molecular weight excluding hydrogens is 314 g/mol. The number of halogens is 2. The summed E-state index contributed by atoms with van der Waals surface area (Å²) in [7, 11) is 0. The highest BCUT2D eigenvalue weighted by Crippen LogP contribution is 2.20. The standard InChI is InChI=1S/C18H26F2N2O2/c1-13-9-14(2)11-22(10-13)12-17(23)21-8-7-15-3-5-16(6-4-15)24-18(19)20/h3-6,13-14,18H,7-12H2,1-2H3,(H,21,23)/t13-,14-/m0/s1. The van der Waals surface area contributed by atoms with Crippen LogP contribution in [0.25, 0.3) is 0 Å². The minimum absolute atomic E-state index is 0.0361. The molecule has 0 spiro atoms. The third kappa shape index (κ3) is 6.43. The molecule has 2 rings (SSSR count). The van der Waals surface area contributed by atoms with Crippen molar-refractivity contribution < 1.29 is 18.3 Å². The molecule has 0 aromatic heterocycles. The first-order valence-corrected chi connectivity index (χ1v) is 8.45. The Hall–Kier alpha value is -1.69. The Kier molecular flexibility index (Phi) is 6.97. The fourth-order valence-electron chi connectivity index (χ4n) is 3.36. The van der Waals surface area contributed by atoms with Crippen molar-refractivity contribution in [3.63, 3.8) is 0 Å². The van der Waals surface area contributed by atoms with Crippen molar-refractivity contribution in [2.45, 2.75) is 33.3 Å². The summed E-state index contributed by atoms with van der Waals surface area (Å²) < 4.78 is 28.5. The molecule has 1 N–H and O–H groups in total. The quantitative estimate of drug-likeness (QED) is 0.830. The Bertz CT molecular complexity index is 512. The number of hydrogen-bond donors (Lipinski definition) is 1. The molecule has 0 unspecified atom stereocenters. The minimum Gasteiger partial charge on any atom is -0.435 e. The van der Waals surface area contributed by atoms with Gasteiger partial charge in [0.2, 0.25) is 5.91 Å². The van der Waals surface area contributed by atoms with Crippen molar-refractivity contribution in [1.29, 1.82) is 0 Å². The molecule has 4 nitrogen and oxygen atoms in total. The second-order valence-electron chi connectivity index (χ2n) is 6.76. The molecule has 2 atom stereocenters. The van der Waals surface area contributed by atoms with Crippen LogP contribution in [0, 0.1) is 11.8 Å². The van der Waals surface area contributed by atoms with E-state index < -0.39 is 6.61 Å². The first-order valence-electron chi connectivity index (χ1n) is 8.45. The molecule has 0 aliphatic carbocycles. The molecule has 1 heterocycles. The Balaban J connectivity index is 1.68.